The van der Waals surface area contributed by atoms with Crippen molar-refractivity contribution in [3.8, 4) is 5.88 Å². The number of pyridine rings is 2. The fourth-order valence-electron chi connectivity index (χ4n) is 3.05. The minimum absolute atomic E-state index is 0.0724. The zero-order valence-electron chi connectivity index (χ0n) is 14.6. The first-order valence-corrected chi connectivity index (χ1v) is 8.59. The van der Waals surface area contributed by atoms with Crippen LogP contribution in [0.2, 0.25) is 0 Å². The van der Waals surface area contributed by atoms with Crippen LogP contribution in [0.1, 0.15) is 41.6 Å². The molecule has 0 unspecified atom stereocenters. The Balaban J connectivity index is 1.52. The Morgan fingerprint density at radius 3 is 2.68 bits per heavy atom. The summed E-state index contributed by atoms with van der Waals surface area (Å²) in [4.78, 5) is 28.6. The Labute approximate surface area is 146 Å². The summed E-state index contributed by atoms with van der Waals surface area (Å²) in [6.07, 6.45) is 6.92. The highest BCUT2D eigenvalue weighted by molar-refractivity contribution is 5.93. The van der Waals surface area contributed by atoms with Gasteiger partial charge >= 0.3 is 0 Å². The molecule has 0 radical (unpaired) electrons. The molecular formula is C19H23N3O3. The number of hydrogen-bond donors (Lipinski definition) is 1. The monoisotopic (exact) mass is 341 g/mol. The summed E-state index contributed by atoms with van der Waals surface area (Å²) < 4.78 is 7.32. The van der Waals surface area contributed by atoms with Crippen molar-refractivity contribution in [1.29, 1.82) is 0 Å². The van der Waals surface area contributed by atoms with Gasteiger partial charge in [-0.25, -0.2) is 4.98 Å². The van der Waals surface area contributed by atoms with Gasteiger partial charge in [0.25, 0.3) is 11.5 Å². The first-order chi connectivity index (χ1) is 12.0. The Kier molecular flexibility index (Phi) is 5.16. The van der Waals surface area contributed by atoms with E-state index >= 15 is 0 Å². The van der Waals surface area contributed by atoms with E-state index in [1.54, 1.807) is 31.6 Å². The minimum Gasteiger partial charge on any atom is -0.474 e. The van der Waals surface area contributed by atoms with Crippen molar-refractivity contribution in [2.45, 2.75) is 44.8 Å². The molecule has 0 atom stereocenters. The lowest BCUT2D eigenvalue weighted by Gasteiger charge is -2.29. The van der Waals surface area contributed by atoms with Gasteiger partial charge in [-0.2, -0.15) is 0 Å². The van der Waals surface area contributed by atoms with Crippen molar-refractivity contribution in [2.24, 2.45) is 7.05 Å². The zero-order valence-corrected chi connectivity index (χ0v) is 14.6. The van der Waals surface area contributed by atoms with Gasteiger partial charge in [-0.15, -0.1) is 0 Å². The number of carbonyl (C=O) groups is 1. The molecule has 6 heteroatoms. The molecule has 3 rings (SSSR count). The van der Waals surface area contributed by atoms with E-state index in [2.05, 4.69) is 10.3 Å². The fourth-order valence-corrected chi connectivity index (χ4v) is 3.05. The van der Waals surface area contributed by atoms with Gasteiger partial charge in [0.1, 0.15) is 11.7 Å². The number of rotatable bonds is 4. The van der Waals surface area contributed by atoms with Crippen LogP contribution in [0.15, 0.2) is 41.5 Å². The highest BCUT2D eigenvalue weighted by Crippen LogP contribution is 2.23. The molecule has 25 heavy (non-hydrogen) atoms. The Morgan fingerprint density at radius 1 is 1.24 bits per heavy atom. The highest BCUT2D eigenvalue weighted by atomic mass is 16.5. The van der Waals surface area contributed by atoms with Gasteiger partial charge in [0.2, 0.25) is 5.88 Å². The maximum atomic E-state index is 12.3. The lowest BCUT2D eigenvalue weighted by molar-refractivity contribution is 0.0888. The summed E-state index contributed by atoms with van der Waals surface area (Å²) in [6.45, 7) is 1.99. The maximum absolute atomic E-state index is 12.3. The molecule has 1 fully saturated rings. The number of ether oxygens (including phenoxy) is 1. The van der Waals surface area contributed by atoms with Gasteiger partial charge in [-0.1, -0.05) is 6.07 Å². The van der Waals surface area contributed by atoms with E-state index in [-0.39, 0.29) is 29.2 Å². The van der Waals surface area contributed by atoms with E-state index in [0.717, 1.165) is 31.2 Å². The van der Waals surface area contributed by atoms with Gasteiger partial charge in [0, 0.05) is 31.5 Å². The third-order valence-electron chi connectivity index (χ3n) is 4.55. The predicted octanol–water partition coefficient (Wildman–Crippen LogP) is 2.21. The molecule has 132 valence electrons. The molecule has 6 nitrogen and oxygen atoms in total. The Hall–Kier alpha value is -2.63. The van der Waals surface area contributed by atoms with Crippen molar-refractivity contribution in [1.82, 2.24) is 14.9 Å². The molecule has 1 saturated carbocycles. The normalized spacial score (nSPS) is 20.1. The molecule has 1 amide bonds. The van der Waals surface area contributed by atoms with Crippen molar-refractivity contribution in [3.63, 3.8) is 0 Å². The topological polar surface area (TPSA) is 73.2 Å². The van der Waals surface area contributed by atoms with Crippen LogP contribution in [0, 0.1) is 6.92 Å². The molecule has 1 aliphatic carbocycles. The van der Waals surface area contributed by atoms with E-state index in [1.807, 2.05) is 19.1 Å². The first-order valence-electron chi connectivity index (χ1n) is 8.59. The maximum Gasteiger partial charge on any atom is 0.263 e. The van der Waals surface area contributed by atoms with E-state index in [9.17, 15) is 9.59 Å². The molecule has 2 heterocycles. The molecule has 1 aliphatic rings. The van der Waals surface area contributed by atoms with Crippen LogP contribution in [0.4, 0.5) is 0 Å². The van der Waals surface area contributed by atoms with Crippen LogP contribution in [0.25, 0.3) is 0 Å². The number of hydrogen-bond acceptors (Lipinski definition) is 4. The van der Waals surface area contributed by atoms with E-state index in [1.165, 1.54) is 4.57 Å². The highest BCUT2D eigenvalue weighted by Gasteiger charge is 2.25. The minimum atomic E-state index is -0.300. The van der Waals surface area contributed by atoms with E-state index in [0.29, 0.717) is 5.88 Å². The summed E-state index contributed by atoms with van der Waals surface area (Å²) >= 11 is 0. The molecule has 0 aromatic carbocycles. The second-order valence-corrected chi connectivity index (χ2v) is 6.58. The van der Waals surface area contributed by atoms with Gasteiger partial charge < -0.3 is 14.6 Å². The number of carbonyl (C=O) groups excluding carboxylic acids is 1. The molecule has 0 saturated heterocycles. The van der Waals surface area contributed by atoms with Crippen molar-refractivity contribution >= 4 is 5.91 Å². The second-order valence-electron chi connectivity index (χ2n) is 6.58. The van der Waals surface area contributed by atoms with Crippen LogP contribution >= 0.6 is 0 Å². The largest absolute Gasteiger partial charge is 0.474 e. The number of nitrogens with one attached hydrogen (secondary N) is 1. The van der Waals surface area contributed by atoms with Crippen LogP contribution in [-0.4, -0.2) is 27.6 Å². The zero-order chi connectivity index (χ0) is 17.8. The third kappa shape index (κ3) is 4.26. The molecular weight excluding hydrogens is 318 g/mol. The van der Waals surface area contributed by atoms with Crippen LogP contribution in [-0.2, 0) is 7.05 Å². The molecule has 2 aromatic rings. The van der Waals surface area contributed by atoms with Crippen molar-refractivity contribution in [3.05, 3.63) is 58.1 Å². The standard InChI is InChI=1S/C19H23N3O3/c1-13-5-10-17(20-12-13)25-15-8-6-14(7-9-15)21-18(23)16-4-3-11-22(2)19(16)24/h3-5,10-12,14-15H,6-9H2,1-2H3,(H,21,23). The quantitative estimate of drug-likeness (QED) is 0.925. The number of amides is 1. The Morgan fingerprint density at radius 2 is 2.00 bits per heavy atom. The smallest absolute Gasteiger partial charge is 0.263 e. The average molecular weight is 341 g/mol. The predicted molar refractivity (Wildman–Crippen MR) is 94.8 cm³/mol. The van der Waals surface area contributed by atoms with Gasteiger partial charge in [-0.3, -0.25) is 9.59 Å². The fraction of sp³-hybridized carbons (Fsp3) is 0.421. The summed E-state index contributed by atoms with van der Waals surface area (Å²) in [5, 5.41) is 2.97. The van der Waals surface area contributed by atoms with Gasteiger partial charge in [-0.05, 0) is 50.3 Å². The molecule has 1 N–H and O–H groups in total. The second kappa shape index (κ2) is 7.51. The first kappa shape index (κ1) is 17.2. The van der Waals surface area contributed by atoms with E-state index < -0.39 is 0 Å². The molecule has 0 aliphatic heterocycles. The Bertz CT molecular complexity index is 790. The van der Waals surface area contributed by atoms with Gasteiger partial charge in [0.15, 0.2) is 0 Å². The molecule has 0 spiro atoms. The van der Waals surface area contributed by atoms with Crippen molar-refractivity contribution in [2.75, 3.05) is 0 Å². The summed E-state index contributed by atoms with van der Waals surface area (Å²) in [7, 11) is 1.64. The summed E-state index contributed by atoms with van der Waals surface area (Å²) in [5.41, 5.74) is 1.01. The lowest BCUT2D eigenvalue weighted by atomic mass is 9.92. The third-order valence-corrected chi connectivity index (χ3v) is 4.55. The summed E-state index contributed by atoms with van der Waals surface area (Å²) in [6, 6.07) is 7.21. The van der Waals surface area contributed by atoms with Crippen LogP contribution in [0.5, 0.6) is 5.88 Å². The van der Waals surface area contributed by atoms with E-state index in [4.69, 9.17) is 4.74 Å². The number of aryl methyl sites for hydroxylation is 2. The molecule has 2 aromatic heterocycles. The SMILES string of the molecule is Cc1ccc(OC2CCC(NC(=O)c3cccn(C)c3=O)CC2)nc1. The molecule has 0 bridgehead atoms. The summed E-state index contributed by atoms with van der Waals surface area (Å²) in [5.74, 6) is 0.344. The average Bonchev–Trinajstić information content (AvgIpc) is 2.61. The van der Waals surface area contributed by atoms with Crippen molar-refractivity contribution < 1.29 is 9.53 Å². The van der Waals surface area contributed by atoms with Crippen LogP contribution < -0.4 is 15.6 Å². The van der Waals surface area contributed by atoms with Gasteiger partial charge in [0.05, 0.1) is 0 Å². The number of nitrogens with zero attached hydrogens (tertiary/aromatic N) is 2. The lowest BCUT2D eigenvalue weighted by Crippen LogP contribution is -2.41. The number of aromatic nitrogens is 2. The van der Waals surface area contributed by atoms with Crippen LogP contribution in [0.3, 0.4) is 0 Å².